The van der Waals surface area contributed by atoms with Crippen LogP contribution in [0.25, 0.3) is 0 Å². The van der Waals surface area contributed by atoms with E-state index in [1.165, 1.54) is 46.7 Å². The largest absolute Gasteiger partial charge is 0.301 e. The van der Waals surface area contributed by atoms with E-state index in [1.54, 1.807) is 11.3 Å². The number of hydrogen-bond acceptors (Lipinski definition) is 3. The van der Waals surface area contributed by atoms with Gasteiger partial charge in [-0.2, -0.15) is 0 Å². The molecule has 1 N–H and O–H groups in total. The SMILES string of the molecule is Cc1cnc(C(C)NC2CCCCc3ccccc32)s1. The smallest absolute Gasteiger partial charge is 0.109 e. The van der Waals surface area contributed by atoms with E-state index in [-0.39, 0.29) is 0 Å². The molecule has 0 saturated carbocycles. The van der Waals surface area contributed by atoms with Gasteiger partial charge in [-0.15, -0.1) is 11.3 Å². The Hall–Kier alpha value is -1.19. The van der Waals surface area contributed by atoms with Gasteiger partial charge in [0, 0.05) is 17.1 Å². The van der Waals surface area contributed by atoms with Crippen LogP contribution in [0.2, 0.25) is 0 Å². The molecule has 1 aromatic heterocycles. The molecule has 2 nitrogen and oxygen atoms in total. The van der Waals surface area contributed by atoms with Crippen molar-refractivity contribution < 1.29 is 0 Å². The molecule has 2 aromatic rings. The van der Waals surface area contributed by atoms with Crippen LogP contribution in [0.15, 0.2) is 30.5 Å². The van der Waals surface area contributed by atoms with Gasteiger partial charge in [-0.05, 0) is 44.2 Å². The number of rotatable bonds is 3. The van der Waals surface area contributed by atoms with Gasteiger partial charge in [0.15, 0.2) is 0 Å². The predicted octanol–water partition coefficient (Wildman–Crippen LogP) is 4.57. The molecule has 2 atom stereocenters. The van der Waals surface area contributed by atoms with Crippen LogP contribution < -0.4 is 5.32 Å². The van der Waals surface area contributed by atoms with Gasteiger partial charge in [0.25, 0.3) is 0 Å². The molecule has 3 heteroatoms. The molecule has 0 amide bonds. The number of benzene rings is 1. The summed E-state index contributed by atoms with van der Waals surface area (Å²) < 4.78 is 0. The molecular formula is C17H22N2S. The van der Waals surface area contributed by atoms with Crippen molar-refractivity contribution >= 4 is 11.3 Å². The first kappa shape index (κ1) is 13.8. The number of aromatic nitrogens is 1. The van der Waals surface area contributed by atoms with Crippen molar-refractivity contribution in [3.8, 4) is 0 Å². The lowest BCUT2D eigenvalue weighted by molar-refractivity contribution is 0.436. The van der Waals surface area contributed by atoms with E-state index in [1.807, 2.05) is 6.20 Å². The summed E-state index contributed by atoms with van der Waals surface area (Å²) >= 11 is 1.80. The molecule has 1 heterocycles. The van der Waals surface area contributed by atoms with Crippen molar-refractivity contribution in [3.63, 3.8) is 0 Å². The van der Waals surface area contributed by atoms with Gasteiger partial charge in [0.1, 0.15) is 5.01 Å². The fourth-order valence-electron chi connectivity index (χ4n) is 3.04. The minimum atomic E-state index is 0.324. The fourth-order valence-corrected chi connectivity index (χ4v) is 3.83. The molecule has 0 radical (unpaired) electrons. The van der Waals surface area contributed by atoms with Crippen LogP contribution in [-0.2, 0) is 6.42 Å². The first-order valence-corrected chi connectivity index (χ1v) is 8.32. The van der Waals surface area contributed by atoms with E-state index in [4.69, 9.17) is 0 Å². The maximum atomic E-state index is 4.52. The summed E-state index contributed by atoms with van der Waals surface area (Å²) in [5, 5.41) is 4.99. The van der Waals surface area contributed by atoms with Gasteiger partial charge in [-0.25, -0.2) is 4.98 Å². The first-order chi connectivity index (χ1) is 9.74. The number of aryl methyl sites for hydroxylation is 2. The van der Waals surface area contributed by atoms with Crippen molar-refractivity contribution in [2.75, 3.05) is 0 Å². The Kier molecular flexibility index (Phi) is 4.18. The Morgan fingerprint density at radius 2 is 2.15 bits per heavy atom. The molecular weight excluding hydrogens is 264 g/mol. The minimum absolute atomic E-state index is 0.324. The topological polar surface area (TPSA) is 24.9 Å². The van der Waals surface area contributed by atoms with Gasteiger partial charge in [-0.3, -0.25) is 0 Å². The van der Waals surface area contributed by atoms with Crippen LogP contribution in [0, 0.1) is 6.92 Å². The maximum absolute atomic E-state index is 4.52. The molecule has 2 unspecified atom stereocenters. The summed E-state index contributed by atoms with van der Waals surface area (Å²) in [5.41, 5.74) is 3.01. The number of nitrogens with one attached hydrogen (secondary N) is 1. The zero-order valence-corrected chi connectivity index (χ0v) is 13.0. The van der Waals surface area contributed by atoms with Crippen molar-refractivity contribution in [1.29, 1.82) is 0 Å². The Morgan fingerprint density at radius 3 is 2.95 bits per heavy atom. The van der Waals surface area contributed by atoms with Gasteiger partial charge >= 0.3 is 0 Å². The lowest BCUT2D eigenvalue weighted by atomic mass is 9.98. The Balaban J connectivity index is 1.80. The summed E-state index contributed by atoms with van der Waals surface area (Å²) in [6.45, 7) is 4.35. The zero-order chi connectivity index (χ0) is 13.9. The van der Waals surface area contributed by atoms with Gasteiger partial charge in [0.05, 0.1) is 6.04 Å². The Morgan fingerprint density at radius 1 is 1.30 bits per heavy atom. The number of thiazole rings is 1. The minimum Gasteiger partial charge on any atom is -0.301 e. The molecule has 0 fully saturated rings. The van der Waals surface area contributed by atoms with Crippen LogP contribution in [0.4, 0.5) is 0 Å². The number of hydrogen-bond donors (Lipinski definition) is 1. The van der Waals surface area contributed by atoms with Crippen LogP contribution >= 0.6 is 11.3 Å². The number of fused-ring (bicyclic) bond motifs is 1. The molecule has 1 aliphatic rings. The summed E-state index contributed by atoms with van der Waals surface area (Å²) in [4.78, 5) is 5.80. The molecule has 106 valence electrons. The number of nitrogens with zero attached hydrogens (tertiary/aromatic N) is 1. The monoisotopic (exact) mass is 286 g/mol. The van der Waals surface area contributed by atoms with Crippen molar-refractivity contribution in [2.45, 2.75) is 51.6 Å². The van der Waals surface area contributed by atoms with E-state index < -0.39 is 0 Å². The lowest BCUT2D eigenvalue weighted by Gasteiger charge is -2.23. The highest BCUT2D eigenvalue weighted by atomic mass is 32.1. The van der Waals surface area contributed by atoms with Crippen molar-refractivity contribution in [1.82, 2.24) is 10.3 Å². The van der Waals surface area contributed by atoms with Crippen LogP contribution in [0.1, 0.15) is 59.3 Å². The average Bonchev–Trinajstić information content (AvgIpc) is 2.79. The third kappa shape index (κ3) is 2.94. The quantitative estimate of drug-likeness (QED) is 0.836. The second kappa shape index (κ2) is 6.06. The highest BCUT2D eigenvalue weighted by molar-refractivity contribution is 7.11. The van der Waals surface area contributed by atoms with E-state index in [2.05, 4.69) is 48.4 Å². The van der Waals surface area contributed by atoms with Crippen molar-refractivity contribution in [3.05, 3.63) is 51.5 Å². The molecule has 0 spiro atoms. The fraction of sp³-hybridized carbons (Fsp3) is 0.471. The normalized spacial score (nSPS) is 20.2. The van der Waals surface area contributed by atoms with Gasteiger partial charge in [0.2, 0.25) is 0 Å². The third-order valence-corrected chi connectivity index (χ3v) is 5.18. The van der Waals surface area contributed by atoms with Crippen LogP contribution in [0.3, 0.4) is 0 Å². The van der Waals surface area contributed by atoms with Crippen LogP contribution in [0.5, 0.6) is 0 Å². The Bertz CT molecular complexity index is 576. The molecule has 1 aromatic carbocycles. The second-order valence-electron chi connectivity index (χ2n) is 5.69. The summed E-state index contributed by atoms with van der Waals surface area (Å²) in [5.74, 6) is 0. The molecule has 3 rings (SSSR count). The van der Waals surface area contributed by atoms with E-state index in [0.717, 1.165) is 0 Å². The van der Waals surface area contributed by atoms with E-state index in [0.29, 0.717) is 12.1 Å². The van der Waals surface area contributed by atoms with Crippen LogP contribution in [-0.4, -0.2) is 4.98 Å². The first-order valence-electron chi connectivity index (χ1n) is 7.50. The van der Waals surface area contributed by atoms with E-state index >= 15 is 0 Å². The van der Waals surface area contributed by atoms with E-state index in [9.17, 15) is 0 Å². The van der Waals surface area contributed by atoms with Crippen molar-refractivity contribution in [2.24, 2.45) is 0 Å². The summed E-state index contributed by atoms with van der Waals surface area (Å²) in [6, 6.07) is 9.69. The average molecular weight is 286 g/mol. The lowest BCUT2D eigenvalue weighted by Crippen LogP contribution is -2.24. The van der Waals surface area contributed by atoms with Gasteiger partial charge in [-0.1, -0.05) is 30.7 Å². The zero-order valence-electron chi connectivity index (χ0n) is 12.2. The summed E-state index contributed by atoms with van der Waals surface area (Å²) in [7, 11) is 0. The standard InChI is InChI=1S/C17H22N2S/c1-12-11-18-17(20-12)13(2)19-16-10-6-4-8-14-7-3-5-9-15(14)16/h3,5,7,9,11,13,16,19H,4,6,8,10H2,1-2H3. The van der Waals surface area contributed by atoms with Gasteiger partial charge < -0.3 is 5.32 Å². The highest BCUT2D eigenvalue weighted by Crippen LogP contribution is 2.31. The predicted molar refractivity (Wildman–Crippen MR) is 85.1 cm³/mol. The third-order valence-electron chi connectivity index (χ3n) is 4.08. The highest BCUT2D eigenvalue weighted by Gasteiger charge is 2.21. The molecule has 0 aliphatic heterocycles. The Labute approximate surface area is 125 Å². The molecule has 20 heavy (non-hydrogen) atoms. The molecule has 0 bridgehead atoms. The summed E-state index contributed by atoms with van der Waals surface area (Å²) in [6.07, 6.45) is 7.03. The maximum Gasteiger partial charge on any atom is 0.109 e. The molecule has 0 saturated heterocycles. The second-order valence-corrected chi connectivity index (χ2v) is 6.96. The molecule has 1 aliphatic carbocycles.